The van der Waals surface area contributed by atoms with E-state index < -0.39 is 11.1 Å². The molecule has 1 aliphatic heterocycles. The van der Waals surface area contributed by atoms with Gasteiger partial charge < -0.3 is 10.6 Å². The van der Waals surface area contributed by atoms with E-state index in [1.165, 1.54) is 23.5 Å². The number of nitrogens with one attached hydrogen (secondary N) is 3. The summed E-state index contributed by atoms with van der Waals surface area (Å²) in [6.45, 7) is 1.82. The Bertz CT molecular complexity index is 1330. The molecule has 0 aliphatic carbocycles. The lowest BCUT2D eigenvalue weighted by Crippen LogP contribution is -2.37. The van der Waals surface area contributed by atoms with Crippen molar-refractivity contribution in [2.45, 2.75) is 13.1 Å². The number of nitro groups is 1. The van der Waals surface area contributed by atoms with Crippen molar-refractivity contribution in [2.24, 2.45) is 0 Å². The van der Waals surface area contributed by atoms with E-state index in [0.29, 0.717) is 15.3 Å². The average molecular weight is 484 g/mol. The van der Waals surface area contributed by atoms with Crippen molar-refractivity contribution in [3.63, 3.8) is 0 Å². The van der Waals surface area contributed by atoms with Crippen LogP contribution >= 0.6 is 27.3 Å². The number of halogens is 1. The molecule has 150 valence electrons. The fourth-order valence-electron chi connectivity index (χ4n) is 3.71. The molecule has 4 aromatic rings. The number of nitro benzene ring substituents is 1. The molecule has 30 heavy (non-hydrogen) atoms. The van der Waals surface area contributed by atoms with Crippen LogP contribution < -0.4 is 10.6 Å². The topological polar surface area (TPSA) is 113 Å². The minimum absolute atomic E-state index is 0.0166. The highest BCUT2D eigenvalue weighted by Gasteiger charge is 2.31. The predicted octanol–water partition coefficient (Wildman–Crippen LogP) is 5.12. The van der Waals surface area contributed by atoms with Crippen LogP contribution in [0.2, 0.25) is 0 Å². The van der Waals surface area contributed by atoms with E-state index in [1.807, 2.05) is 31.2 Å². The number of aryl methyl sites for hydroxylation is 1. The number of benzene rings is 2. The quantitative estimate of drug-likeness (QED) is 0.276. The largest absolute Gasteiger partial charge is 0.360 e. The molecule has 0 radical (unpaired) electrons. The first-order valence-electron chi connectivity index (χ1n) is 9.00. The molecular weight excluding hydrogens is 470 g/mol. The van der Waals surface area contributed by atoms with Gasteiger partial charge >= 0.3 is 0 Å². The van der Waals surface area contributed by atoms with Gasteiger partial charge in [0.1, 0.15) is 11.0 Å². The Morgan fingerprint density at radius 1 is 1.20 bits per heavy atom. The van der Waals surface area contributed by atoms with Crippen molar-refractivity contribution in [3.05, 3.63) is 73.2 Å². The molecule has 1 unspecified atom stereocenters. The van der Waals surface area contributed by atoms with Gasteiger partial charge in [-0.2, -0.15) is 5.10 Å². The van der Waals surface area contributed by atoms with Gasteiger partial charge in [-0.3, -0.25) is 20.0 Å². The van der Waals surface area contributed by atoms with Gasteiger partial charge in [0.2, 0.25) is 0 Å². The molecule has 8 nitrogen and oxygen atoms in total. The third-order valence-electron chi connectivity index (χ3n) is 5.07. The lowest BCUT2D eigenvalue weighted by molar-refractivity contribution is -0.384. The Hall–Kier alpha value is -3.24. The first-order chi connectivity index (χ1) is 14.4. The molecule has 3 heterocycles. The van der Waals surface area contributed by atoms with Crippen LogP contribution in [0.3, 0.4) is 0 Å². The molecule has 3 N–H and O–H groups in total. The number of hydrogen-bond acceptors (Lipinski definition) is 6. The number of hydrogen-bond donors (Lipinski definition) is 3. The summed E-state index contributed by atoms with van der Waals surface area (Å²) in [5, 5.41) is 25.6. The normalized spacial score (nSPS) is 15.5. The molecule has 0 fully saturated rings. The number of H-pyrrole nitrogens is 1. The fraction of sp³-hybridized carbons (Fsp3) is 0.100. The molecule has 1 amide bonds. The molecule has 0 saturated heterocycles. The minimum Gasteiger partial charge on any atom is -0.360 e. The van der Waals surface area contributed by atoms with Crippen molar-refractivity contribution < 1.29 is 9.72 Å². The second-order valence-corrected chi connectivity index (χ2v) is 8.93. The van der Waals surface area contributed by atoms with E-state index in [1.54, 1.807) is 6.20 Å². The highest BCUT2D eigenvalue weighted by Crippen LogP contribution is 2.43. The molecule has 2 aromatic heterocycles. The predicted molar refractivity (Wildman–Crippen MR) is 119 cm³/mol. The third kappa shape index (κ3) is 2.96. The number of rotatable bonds is 3. The molecule has 2 aromatic carbocycles. The van der Waals surface area contributed by atoms with Crippen LogP contribution in [0, 0.1) is 17.0 Å². The number of aromatic amines is 1. The summed E-state index contributed by atoms with van der Waals surface area (Å²) < 4.78 is 1.67. The Kier molecular flexibility index (Phi) is 4.33. The van der Waals surface area contributed by atoms with Crippen LogP contribution in [-0.2, 0) is 0 Å². The van der Waals surface area contributed by atoms with Crippen LogP contribution in [0.1, 0.15) is 27.0 Å². The van der Waals surface area contributed by atoms with Gasteiger partial charge in [-0.25, -0.2) is 0 Å². The van der Waals surface area contributed by atoms with Crippen molar-refractivity contribution in [3.8, 4) is 11.3 Å². The van der Waals surface area contributed by atoms with E-state index in [0.717, 1.165) is 32.2 Å². The fourth-order valence-corrected chi connectivity index (χ4v) is 5.15. The smallest absolute Gasteiger partial charge is 0.271 e. The number of aromatic nitrogens is 2. The van der Waals surface area contributed by atoms with E-state index >= 15 is 0 Å². The maximum absolute atomic E-state index is 12.9. The Morgan fingerprint density at radius 2 is 1.97 bits per heavy atom. The van der Waals surface area contributed by atoms with E-state index in [9.17, 15) is 14.9 Å². The number of anilines is 1. The van der Waals surface area contributed by atoms with Gasteiger partial charge in [0, 0.05) is 37.8 Å². The van der Waals surface area contributed by atoms with Crippen LogP contribution in [0.25, 0.3) is 21.3 Å². The number of amides is 1. The summed E-state index contributed by atoms with van der Waals surface area (Å²) in [6.07, 6.45) is 1.20. The van der Waals surface area contributed by atoms with E-state index in [-0.39, 0.29) is 11.6 Å². The molecule has 10 heteroatoms. The van der Waals surface area contributed by atoms with E-state index in [4.69, 9.17) is 0 Å². The Balaban J connectivity index is 1.59. The number of carbonyl (C=O) groups is 1. The summed E-state index contributed by atoms with van der Waals surface area (Å²) >= 11 is 4.68. The summed E-state index contributed by atoms with van der Waals surface area (Å²) in [4.78, 5) is 24.2. The van der Waals surface area contributed by atoms with Crippen LogP contribution in [-0.4, -0.2) is 21.0 Å². The lowest BCUT2D eigenvalue weighted by Gasteiger charge is -2.26. The number of thiophene rings is 1. The SMILES string of the molecule is Cc1cc([N+](=O)[O-])cc2sc3c(c12)NC(c1cn[nH]c1-c1ccc(Br)cc1)NC3=O. The van der Waals surface area contributed by atoms with Crippen molar-refractivity contribution >= 4 is 54.6 Å². The van der Waals surface area contributed by atoms with E-state index in [2.05, 4.69) is 36.8 Å². The monoisotopic (exact) mass is 483 g/mol. The number of fused-ring (bicyclic) bond motifs is 3. The molecule has 1 atom stereocenters. The first kappa shape index (κ1) is 18.8. The van der Waals surface area contributed by atoms with Gasteiger partial charge in [0.05, 0.1) is 22.5 Å². The number of non-ortho nitro benzene ring substituents is 1. The lowest BCUT2D eigenvalue weighted by atomic mass is 10.0. The summed E-state index contributed by atoms with van der Waals surface area (Å²) in [6, 6.07) is 10.8. The van der Waals surface area contributed by atoms with Crippen LogP contribution in [0.5, 0.6) is 0 Å². The van der Waals surface area contributed by atoms with Crippen LogP contribution in [0.4, 0.5) is 11.4 Å². The number of carbonyl (C=O) groups excluding carboxylic acids is 1. The van der Waals surface area contributed by atoms with Gasteiger partial charge in [0.15, 0.2) is 0 Å². The van der Waals surface area contributed by atoms with Gasteiger partial charge in [-0.15, -0.1) is 11.3 Å². The van der Waals surface area contributed by atoms with Crippen molar-refractivity contribution in [2.75, 3.05) is 5.32 Å². The number of nitrogens with zero attached hydrogens (tertiary/aromatic N) is 2. The van der Waals surface area contributed by atoms with Crippen LogP contribution in [0.15, 0.2) is 47.1 Å². The maximum Gasteiger partial charge on any atom is 0.271 e. The zero-order valence-electron chi connectivity index (χ0n) is 15.5. The Labute approximate surface area is 182 Å². The van der Waals surface area contributed by atoms with Crippen molar-refractivity contribution in [1.82, 2.24) is 15.5 Å². The molecule has 0 saturated carbocycles. The van der Waals surface area contributed by atoms with Gasteiger partial charge in [-0.05, 0) is 24.6 Å². The minimum atomic E-state index is -0.491. The second kappa shape index (κ2) is 6.92. The van der Waals surface area contributed by atoms with Gasteiger partial charge in [0.25, 0.3) is 11.6 Å². The Morgan fingerprint density at radius 3 is 2.70 bits per heavy atom. The highest BCUT2D eigenvalue weighted by atomic mass is 79.9. The zero-order valence-corrected chi connectivity index (χ0v) is 17.9. The average Bonchev–Trinajstić information content (AvgIpc) is 3.33. The first-order valence-corrected chi connectivity index (χ1v) is 10.6. The molecule has 5 rings (SSSR count). The van der Waals surface area contributed by atoms with Crippen molar-refractivity contribution in [1.29, 1.82) is 0 Å². The second-order valence-electron chi connectivity index (χ2n) is 6.96. The molecular formula is C20H14BrN5O3S. The molecule has 0 bridgehead atoms. The molecule has 0 spiro atoms. The third-order valence-corrected chi connectivity index (χ3v) is 6.73. The summed E-state index contributed by atoms with van der Waals surface area (Å²) in [5.41, 5.74) is 4.00. The van der Waals surface area contributed by atoms with Gasteiger partial charge in [-0.1, -0.05) is 28.1 Å². The maximum atomic E-state index is 12.9. The highest BCUT2D eigenvalue weighted by molar-refractivity contribution is 9.10. The molecule has 1 aliphatic rings. The summed E-state index contributed by atoms with van der Waals surface area (Å²) in [5.74, 6) is -0.222. The standard InChI is InChI=1S/C20H14BrN5O3S/c1-9-6-12(26(28)29)7-14-15(9)17-18(30-14)20(27)24-19(23-17)13-8-22-25-16(13)10-2-4-11(21)5-3-10/h2-8,19,23H,1H3,(H,22,25)(H,24,27). The zero-order chi connectivity index (χ0) is 21.0. The summed E-state index contributed by atoms with van der Waals surface area (Å²) in [7, 11) is 0.